The van der Waals surface area contributed by atoms with E-state index in [0.717, 1.165) is 46.9 Å². The number of H-pyrrole nitrogens is 1. The summed E-state index contributed by atoms with van der Waals surface area (Å²) >= 11 is 0. The average molecular weight is 580 g/mol. The lowest BCUT2D eigenvalue weighted by molar-refractivity contribution is -0.159. The van der Waals surface area contributed by atoms with E-state index in [1.165, 1.54) is 0 Å². The van der Waals surface area contributed by atoms with Gasteiger partial charge in [0, 0.05) is 42.0 Å². The van der Waals surface area contributed by atoms with E-state index < -0.39 is 11.5 Å². The van der Waals surface area contributed by atoms with Gasteiger partial charge in [-0.2, -0.15) is 0 Å². The van der Waals surface area contributed by atoms with Gasteiger partial charge in [-0.3, -0.25) is 14.4 Å². The number of nitrogens with one attached hydrogen (secondary N) is 2. The second kappa shape index (κ2) is 13.8. The standard InChI is InChI=1S/C36H41N3O4/c1-2-43-35(42)36(21-25-10-4-3-5-11-25)17-9-13-26(22-36)19-33(40)32(20-29-24-38-31-16-7-6-15-30(29)31)39-34(41)28-14-8-12-27(18-28)23-37/h3-8,10-12,14-16,18,24,26,32,38H,2,9,13,17,19-23,37H2,1H3,(H,39,41)/t26?,32-,36+/m1/s1. The molecule has 3 aromatic carbocycles. The highest BCUT2D eigenvalue weighted by atomic mass is 16.5. The van der Waals surface area contributed by atoms with E-state index in [-0.39, 0.29) is 30.0 Å². The van der Waals surface area contributed by atoms with Gasteiger partial charge in [0.25, 0.3) is 5.91 Å². The molecule has 224 valence electrons. The van der Waals surface area contributed by atoms with Crippen molar-refractivity contribution in [1.29, 1.82) is 0 Å². The number of rotatable bonds is 12. The predicted molar refractivity (Wildman–Crippen MR) is 168 cm³/mol. The Morgan fingerprint density at radius 3 is 2.58 bits per heavy atom. The van der Waals surface area contributed by atoms with Crippen LogP contribution >= 0.6 is 0 Å². The summed E-state index contributed by atoms with van der Waals surface area (Å²) < 4.78 is 5.60. The number of para-hydroxylation sites is 1. The van der Waals surface area contributed by atoms with E-state index in [9.17, 15) is 14.4 Å². The molecule has 1 aliphatic rings. The van der Waals surface area contributed by atoms with Crippen molar-refractivity contribution >= 4 is 28.6 Å². The van der Waals surface area contributed by atoms with Crippen LogP contribution in [0.2, 0.25) is 0 Å². The first-order chi connectivity index (χ1) is 20.9. The van der Waals surface area contributed by atoms with E-state index >= 15 is 0 Å². The highest BCUT2D eigenvalue weighted by molar-refractivity contribution is 5.98. The van der Waals surface area contributed by atoms with Gasteiger partial charge in [0.1, 0.15) is 0 Å². The molecule has 1 amide bonds. The number of hydrogen-bond donors (Lipinski definition) is 3. The number of hydrogen-bond acceptors (Lipinski definition) is 5. The molecule has 0 saturated heterocycles. The van der Waals surface area contributed by atoms with Crippen LogP contribution in [0, 0.1) is 11.3 Å². The molecule has 7 heteroatoms. The van der Waals surface area contributed by atoms with Crippen LogP contribution in [-0.4, -0.2) is 35.3 Å². The number of carbonyl (C=O) groups excluding carboxylic acids is 3. The molecule has 1 heterocycles. The predicted octanol–water partition coefficient (Wildman–Crippen LogP) is 5.91. The third-order valence-electron chi connectivity index (χ3n) is 8.75. The Morgan fingerprint density at radius 1 is 1.02 bits per heavy atom. The maximum atomic E-state index is 14.1. The third-order valence-corrected chi connectivity index (χ3v) is 8.75. The van der Waals surface area contributed by atoms with Crippen molar-refractivity contribution in [2.24, 2.45) is 17.1 Å². The first-order valence-corrected chi connectivity index (χ1v) is 15.3. The monoisotopic (exact) mass is 579 g/mol. The second-order valence-electron chi connectivity index (χ2n) is 11.8. The fourth-order valence-electron chi connectivity index (χ4n) is 6.62. The number of aromatic nitrogens is 1. The minimum atomic E-state index is -0.721. The fourth-order valence-corrected chi connectivity index (χ4v) is 6.62. The zero-order valence-corrected chi connectivity index (χ0v) is 24.8. The number of fused-ring (bicyclic) bond motifs is 1. The molecular formula is C36H41N3O4. The van der Waals surface area contributed by atoms with Crippen molar-refractivity contribution in [2.75, 3.05) is 6.61 Å². The van der Waals surface area contributed by atoms with Gasteiger partial charge in [0.15, 0.2) is 5.78 Å². The molecule has 0 radical (unpaired) electrons. The van der Waals surface area contributed by atoms with Gasteiger partial charge in [-0.15, -0.1) is 0 Å². The van der Waals surface area contributed by atoms with Gasteiger partial charge < -0.3 is 20.8 Å². The Bertz CT molecular complexity index is 1560. The van der Waals surface area contributed by atoms with Crippen LogP contribution in [0.25, 0.3) is 10.9 Å². The highest BCUT2D eigenvalue weighted by Crippen LogP contribution is 2.44. The summed E-state index contributed by atoms with van der Waals surface area (Å²) in [7, 11) is 0. The molecule has 1 fully saturated rings. The second-order valence-corrected chi connectivity index (χ2v) is 11.8. The van der Waals surface area contributed by atoms with Crippen LogP contribution in [0.5, 0.6) is 0 Å². The number of amides is 1. The van der Waals surface area contributed by atoms with Gasteiger partial charge in [0.05, 0.1) is 18.1 Å². The Balaban J connectivity index is 1.38. The van der Waals surface area contributed by atoms with Crippen molar-refractivity contribution in [3.63, 3.8) is 0 Å². The van der Waals surface area contributed by atoms with E-state index in [1.54, 1.807) is 18.2 Å². The molecule has 1 unspecified atom stereocenters. The number of ether oxygens (including phenoxy) is 1. The van der Waals surface area contributed by atoms with Crippen LogP contribution in [0.1, 0.15) is 66.1 Å². The minimum Gasteiger partial charge on any atom is -0.466 e. The molecule has 4 aromatic rings. The molecule has 4 N–H and O–H groups in total. The van der Waals surface area contributed by atoms with Gasteiger partial charge in [0.2, 0.25) is 0 Å². The molecule has 5 rings (SSSR count). The molecule has 7 nitrogen and oxygen atoms in total. The number of carbonyl (C=O) groups is 3. The largest absolute Gasteiger partial charge is 0.466 e. The van der Waals surface area contributed by atoms with Gasteiger partial charge in [-0.25, -0.2) is 0 Å². The van der Waals surface area contributed by atoms with E-state index in [1.807, 2.05) is 73.8 Å². The van der Waals surface area contributed by atoms with Crippen molar-refractivity contribution in [2.45, 2.75) is 64.5 Å². The van der Waals surface area contributed by atoms with Crippen LogP contribution in [0.15, 0.2) is 85.1 Å². The SMILES string of the molecule is CCOC(=O)[C@]1(Cc2ccccc2)CCCC(CC(=O)[C@@H](Cc2c[nH]c3ccccc23)NC(=O)c2cccc(CN)c2)C1. The topological polar surface area (TPSA) is 114 Å². The first-order valence-electron chi connectivity index (χ1n) is 15.3. The quantitative estimate of drug-likeness (QED) is 0.181. The maximum absolute atomic E-state index is 14.1. The average Bonchev–Trinajstić information content (AvgIpc) is 3.44. The zero-order valence-electron chi connectivity index (χ0n) is 24.8. The number of aromatic amines is 1. The summed E-state index contributed by atoms with van der Waals surface area (Å²) in [6.07, 6.45) is 6.17. The molecular weight excluding hydrogens is 538 g/mol. The molecule has 1 aliphatic carbocycles. The Labute approximate surface area is 253 Å². The first kappa shape index (κ1) is 30.2. The molecule has 43 heavy (non-hydrogen) atoms. The third kappa shape index (κ3) is 7.23. The van der Waals surface area contributed by atoms with E-state index in [4.69, 9.17) is 10.5 Å². The molecule has 0 spiro atoms. The normalized spacial score (nSPS) is 19.1. The van der Waals surface area contributed by atoms with Gasteiger partial charge in [-0.1, -0.05) is 67.1 Å². The number of benzene rings is 3. The lowest BCUT2D eigenvalue weighted by Gasteiger charge is -2.39. The number of ketones is 1. The molecule has 1 aromatic heterocycles. The van der Waals surface area contributed by atoms with Crippen molar-refractivity contribution in [3.8, 4) is 0 Å². The molecule has 0 bridgehead atoms. The van der Waals surface area contributed by atoms with Crippen LogP contribution in [0.3, 0.4) is 0 Å². The summed E-state index contributed by atoms with van der Waals surface area (Å²) in [6.45, 7) is 2.48. The van der Waals surface area contributed by atoms with Crippen LogP contribution in [0.4, 0.5) is 0 Å². The lowest BCUT2D eigenvalue weighted by Crippen LogP contribution is -2.44. The van der Waals surface area contributed by atoms with Crippen LogP contribution < -0.4 is 11.1 Å². The lowest BCUT2D eigenvalue weighted by atomic mass is 9.65. The van der Waals surface area contributed by atoms with E-state index in [2.05, 4.69) is 10.3 Å². The Kier molecular flexibility index (Phi) is 9.72. The Hall–Kier alpha value is -4.23. The van der Waals surface area contributed by atoms with Crippen LogP contribution in [-0.2, 0) is 33.7 Å². The zero-order chi connectivity index (χ0) is 30.2. The Morgan fingerprint density at radius 2 is 1.79 bits per heavy atom. The minimum absolute atomic E-state index is 0.0114. The summed E-state index contributed by atoms with van der Waals surface area (Å²) in [5.41, 5.74) is 9.50. The molecule has 0 aliphatic heterocycles. The molecule has 3 atom stereocenters. The highest BCUT2D eigenvalue weighted by Gasteiger charge is 2.44. The summed E-state index contributed by atoms with van der Waals surface area (Å²) in [5, 5.41) is 4.07. The van der Waals surface area contributed by atoms with Gasteiger partial charge >= 0.3 is 5.97 Å². The van der Waals surface area contributed by atoms with Gasteiger partial charge in [-0.05, 0) is 73.4 Å². The number of esters is 1. The van der Waals surface area contributed by atoms with Crippen molar-refractivity contribution in [1.82, 2.24) is 10.3 Å². The van der Waals surface area contributed by atoms with Crippen molar-refractivity contribution < 1.29 is 19.1 Å². The van der Waals surface area contributed by atoms with E-state index in [0.29, 0.717) is 38.0 Å². The summed E-state index contributed by atoms with van der Waals surface area (Å²) in [6, 6.07) is 24.4. The fraction of sp³-hybridized carbons (Fsp3) is 0.361. The number of Topliss-reactive ketones (excluding diaryl/α,β-unsaturated/α-hetero) is 1. The number of nitrogens with two attached hydrogens (primary N) is 1. The molecule has 1 saturated carbocycles. The maximum Gasteiger partial charge on any atom is 0.312 e. The summed E-state index contributed by atoms with van der Waals surface area (Å²) in [4.78, 5) is 44.2. The summed E-state index contributed by atoms with van der Waals surface area (Å²) in [5.74, 6) is -0.503. The van der Waals surface area contributed by atoms with Crippen molar-refractivity contribution in [3.05, 3.63) is 107 Å². The smallest absolute Gasteiger partial charge is 0.312 e.